The van der Waals surface area contributed by atoms with Gasteiger partial charge in [-0.3, -0.25) is 0 Å². The second-order valence-electron chi connectivity index (χ2n) is 5.82. The summed E-state index contributed by atoms with van der Waals surface area (Å²) in [6.45, 7) is 7.95. The van der Waals surface area contributed by atoms with Crippen molar-refractivity contribution in [2.24, 2.45) is 0 Å². The number of halogens is 2. The van der Waals surface area contributed by atoms with Gasteiger partial charge in [-0.2, -0.15) is 0 Å². The van der Waals surface area contributed by atoms with Crippen LogP contribution in [-0.2, 0) is 0 Å². The van der Waals surface area contributed by atoms with E-state index in [9.17, 15) is 0 Å². The summed E-state index contributed by atoms with van der Waals surface area (Å²) in [7, 11) is 0. The predicted octanol–water partition coefficient (Wildman–Crippen LogP) is 4.52. The number of nitrogens with zero attached hydrogens (tertiary/aromatic N) is 1. The molecule has 1 fully saturated rings. The van der Waals surface area contributed by atoms with Gasteiger partial charge in [-0.1, -0.05) is 29.6 Å². The summed E-state index contributed by atoms with van der Waals surface area (Å²) in [5.41, 5.74) is 1.07. The van der Waals surface area contributed by atoms with Gasteiger partial charge in [0.05, 0.1) is 0 Å². The van der Waals surface area contributed by atoms with Gasteiger partial charge in [0.1, 0.15) is 0 Å². The maximum atomic E-state index is 6.26. The molecule has 4 heteroatoms. The Hall–Kier alpha value is -0.280. The molecule has 1 aromatic carbocycles. The third-order valence-electron chi connectivity index (χ3n) is 3.94. The van der Waals surface area contributed by atoms with Crippen molar-refractivity contribution in [1.29, 1.82) is 0 Å². The van der Waals surface area contributed by atoms with Gasteiger partial charge in [-0.05, 0) is 63.5 Å². The van der Waals surface area contributed by atoms with E-state index in [2.05, 4.69) is 24.1 Å². The Balaban J connectivity index is 1.89. The van der Waals surface area contributed by atoms with E-state index in [0.29, 0.717) is 6.04 Å². The van der Waals surface area contributed by atoms with E-state index in [0.717, 1.165) is 22.2 Å². The highest BCUT2D eigenvalue weighted by atomic mass is 35.5. The number of benzene rings is 1. The Morgan fingerprint density at radius 3 is 2.55 bits per heavy atom. The SMILES string of the molecule is CC(CN1CCCCC1)NC(C)c1cc(Cl)ccc1Cl. The summed E-state index contributed by atoms with van der Waals surface area (Å²) < 4.78 is 0. The Kier molecular flexibility index (Phi) is 6.16. The van der Waals surface area contributed by atoms with Gasteiger partial charge in [0, 0.05) is 28.7 Å². The number of nitrogens with one attached hydrogen (secondary N) is 1. The lowest BCUT2D eigenvalue weighted by Gasteiger charge is -2.31. The van der Waals surface area contributed by atoms with Gasteiger partial charge in [-0.15, -0.1) is 0 Å². The van der Waals surface area contributed by atoms with E-state index in [1.54, 1.807) is 0 Å². The molecule has 0 amide bonds. The Morgan fingerprint density at radius 2 is 1.85 bits per heavy atom. The van der Waals surface area contributed by atoms with Gasteiger partial charge in [-0.25, -0.2) is 0 Å². The molecule has 1 aromatic rings. The van der Waals surface area contributed by atoms with E-state index in [-0.39, 0.29) is 6.04 Å². The molecular formula is C16H24Cl2N2. The minimum Gasteiger partial charge on any atom is -0.306 e. The van der Waals surface area contributed by atoms with E-state index >= 15 is 0 Å². The van der Waals surface area contributed by atoms with E-state index in [1.165, 1.54) is 32.4 Å². The molecule has 0 radical (unpaired) electrons. The molecule has 0 spiro atoms. The molecule has 0 aliphatic carbocycles. The maximum Gasteiger partial charge on any atom is 0.0454 e. The van der Waals surface area contributed by atoms with Crippen molar-refractivity contribution >= 4 is 23.2 Å². The zero-order valence-electron chi connectivity index (χ0n) is 12.3. The van der Waals surface area contributed by atoms with Crippen molar-refractivity contribution < 1.29 is 0 Å². The lowest BCUT2D eigenvalue weighted by atomic mass is 10.1. The summed E-state index contributed by atoms with van der Waals surface area (Å²) >= 11 is 12.3. The highest BCUT2D eigenvalue weighted by Crippen LogP contribution is 2.26. The smallest absolute Gasteiger partial charge is 0.0454 e. The number of likely N-dealkylation sites (tertiary alicyclic amines) is 1. The van der Waals surface area contributed by atoms with Gasteiger partial charge in [0.15, 0.2) is 0 Å². The van der Waals surface area contributed by atoms with Crippen molar-refractivity contribution in [3.05, 3.63) is 33.8 Å². The zero-order valence-corrected chi connectivity index (χ0v) is 13.8. The lowest BCUT2D eigenvalue weighted by Crippen LogP contribution is -2.42. The van der Waals surface area contributed by atoms with Crippen molar-refractivity contribution in [3.8, 4) is 0 Å². The van der Waals surface area contributed by atoms with Crippen LogP contribution in [0.1, 0.15) is 44.7 Å². The number of hydrogen-bond acceptors (Lipinski definition) is 2. The van der Waals surface area contributed by atoms with Crippen LogP contribution in [0.2, 0.25) is 10.0 Å². The second-order valence-corrected chi connectivity index (χ2v) is 6.66. The molecule has 0 bridgehead atoms. The van der Waals surface area contributed by atoms with Crippen LogP contribution in [0.3, 0.4) is 0 Å². The third kappa shape index (κ3) is 4.63. The summed E-state index contributed by atoms with van der Waals surface area (Å²) in [6, 6.07) is 6.30. The van der Waals surface area contributed by atoms with Crippen LogP contribution in [0, 0.1) is 0 Å². The van der Waals surface area contributed by atoms with Crippen LogP contribution >= 0.6 is 23.2 Å². The minimum atomic E-state index is 0.209. The highest BCUT2D eigenvalue weighted by molar-refractivity contribution is 6.33. The monoisotopic (exact) mass is 314 g/mol. The molecule has 20 heavy (non-hydrogen) atoms. The van der Waals surface area contributed by atoms with Crippen LogP contribution in [0.25, 0.3) is 0 Å². The van der Waals surface area contributed by atoms with Gasteiger partial charge in [0.2, 0.25) is 0 Å². The second kappa shape index (κ2) is 7.65. The third-order valence-corrected chi connectivity index (χ3v) is 4.52. The average Bonchev–Trinajstić information content (AvgIpc) is 2.42. The van der Waals surface area contributed by atoms with Gasteiger partial charge >= 0.3 is 0 Å². The Bertz CT molecular complexity index is 430. The molecule has 1 N–H and O–H groups in total. The Labute approximate surface area is 132 Å². The molecule has 2 unspecified atom stereocenters. The average molecular weight is 315 g/mol. The predicted molar refractivity (Wildman–Crippen MR) is 87.8 cm³/mol. The fraction of sp³-hybridized carbons (Fsp3) is 0.625. The largest absolute Gasteiger partial charge is 0.306 e. The van der Waals surface area contributed by atoms with Gasteiger partial charge < -0.3 is 10.2 Å². The first-order valence-electron chi connectivity index (χ1n) is 7.49. The first-order chi connectivity index (χ1) is 9.56. The van der Waals surface area contributed by atoms with Crippen molar-refractivity contribution in [2.75, 3.05) is 19.6 Å². The summed E-state index contributed by atoms with van der Waals surface area (Å²) in [4.78, 5) is 2.55. The topological polar surface area (TPSA) is 15.3 Å². The number of piperidine rings is 1. The molecule has 2 rings (SSSR count). The molecule has 2 atom stereocenters. The molecule has 1 aliphatic heterocycles. The maximum absolute atomic E-state index is 6.26. The van der Waals surface area contributed by atoms with Crippen LogP contribution in [0.5, 0.6) is 0 Å². The lowest BCUT2D eigenvalue weighted by molar-refractivity contribution is 0.205. The molecule has 2 nitrogen and oxygen atoms in total. The summed E-state index contributed by atoms with van der Waals surface area (Å²) in [5.74, 6) is 0. The number of hydrogen-bond donors (Lipinski definition) is 1. The first-order valence-corrected chi connectivity index (χ1v) is 8.25. The number of rotatable bonds is 5. The molecule has 1 heterocycles. The highest BCUT2D eigenvalue weighted by Gasteiger charge is 2.16. The van der Waals surface area contributed by atoms with Gasteiger partial charge in [0.25, 0.3) is 0 Å². The molecular weight excluding hydrogens is 291 g/mol. The van der Waals surface area contributed by atoms with Crippen molar-refractivity contribution in [1.82, 2.24) is 10.2 Å². The van der Waals surface area contributed by atoms with Crippen molar-refractivity contribution in [2.45, 2.75) is 45.2 Å². The fourth-order valence-electron chi connectivity index (χ4n) is 2.94. The fourth-order valence-corrected chi connectivity index (χ4v) is 3.41. The van der Waals surface area contributed by atoms with E-state index in [1.807, 2.05) is 18.2 Å². The first kappa shape index (κ1) is 16.1. The Morgan fingerprint density at radius 1 is 1.15 bits per heavy atom. The molecule has 0 saturated carbocycles. The molecule has 112 valence electrons. The van der Waals surface area contributed by atoms with E-state index < -0.39 is 0 Å². The van der Waals surface area contributed by atoms with Crippen LogP contribution in [0.15, 0.2) is 18.2 Å². The quantitative estimate of drug-likeness (QED) is 0.859. The summed E-state index contributed by atoms with van der Waals surface area (Å²) in [5, 5.41) is 5.14. The minimum absolute atomic E-state index is 0.209. The van der Waals surface area contributed by atoms with Crippen LogP contribution in [0.4, 0.5) is 0 Å². The normalized spacial score (nSPS) is 19.8. The molecule has 1 saturated heterocycles. The molecule has 1 aliphatic rings. The van der Waals surface area contributed by atoms with E-state index in [4.69, 9.17) is 23.2 Å². The van der Waals surface area contributed by atoms with Crippen molar-refractivity contribution in [3.63, 3.8) is 0 Å². The standard InChI is InChI=1S/C16H24Cl2N2/c1-12(11-20-8-4-3-5-9-20)19-13(2)15-10-14(17)6-7-16(15)18/h6-7,10,12-13,19H,3-5,8-9,11H2,1-2H3. The van der Waals surface area contributed by atoms with Crippen LogP contribution < -0.4 is 5.32 Å². The summed E-state index contributed by atoms with van der Waals surface area (Å²) in [6.07, 6.45) is 4.05. The zero-order chi connectivity index (χ0) is 14.5. The van der Waals surface area contributed by atoms with Crippen LogP contribution in [-0.4, -0.2) is 30.6 Å². The molecule has 0 aromatic heterocycles.